The standard InChI is InChI=1S/C25H31Cl2N7O2/c1-16-13-21(26)32-23(27)22(16)24(35)30-10-7-17(2)33-11-8-20(9-12-33)34(25(36)29-3)15-19-6-4-5-18(14-28)31-19/h4-6,13,17,20H,7-12,15H2,1-3H3,(H,29,36)(H,30,35)/t17-/m1/s1. The fourth-order valence-electron chi connectivity index (χ4n) is 4.49. The molecule has 2 aromatic rings. The van der Waals surface area contributed by atoms with Gasteiger partial charge in [-0.2, -0.15) is 5.26 Å². The van der Waals surface area contributed by atoms with Crippen LogP contribution >= 0.6 is 23.2 Å². The number of piperidine rings is 1. The minimum Gasteiger partial charge on any atom is -0.352 e. The summed E-state index contributed by atoms with van der Waals surface area (Å²) in [6, 6.07) is 9.10. The number of pyridine rings is 2. The van der Waals surface area contributed by atoms with E-state index in [0.717, 1.165) is 32.4 Å². The molecule has 0 spiro atoms. The van der Waals surface area contributed by atoms with Gasteiger partial charge in [-0.15, -0.1) is 0 Å². The number of carbonyl (C=O) groups excluding carboxylic acids is 2. The fourth-order valence-corrected chi connectivity index (χ4v) is 5.10. The molecule has 1 aliphatic heterocycles. The summed E-state index contributed by atoms with van der Waals surface area (Å²) in [4.78, 5) is 37.7. The molecule has 36 heavy (non-hydrogen) atoms. The number of aryl methyl sites for hydroxylation is 1. The molecule has 3 amide bonds. The zero-order valence-corrected chi connectivity index (χ0v) is 22.2. The highest BCUT2D eigenvalue weighted by Crippen LogP contribution is 2.23. The fraction of sp³-hybridized carbons (Fsp3) is 0.480. The van der Waals surface area contributed by atoms with Crippen LogP contribution in [-0.4, -0.2) is 70.5 Å². The van der Waals surface area contributed by atoms with Crippen LogP contribution in [0.1, 0.15) is 53.5 Å². The number of nitrogens with one attached hydrogen (secondary N) is 2. The van der Waals surface area contributed by atoms with Crippen LogP contribution in [0, 0.1) is 18.3 Å². The number of carbonyl (C=O) groups is 2. The third kappa shape index (κ3) is 7.06. The van der Waals surface area contributed by atoms with Crippen molar-refractivity contribution in [2.24, 2.45) is 0 Å². The Hall–Kier alpha value is -2.93. The Morgan fingerprint density at radius 3 is 2.64 bits per heavy atom. The number of hydrogen-bond acceptors (Lipinski definition) is 6. The van der Waals surface area contributed by atoms with Crippen LogP contribution in [0.25, 0.3) is 0 Å². The summed E-state index contributed by atoms with van der Waals surface area (Å²) < 4.78 is 0. The summed E-state index contributed by atoms with van der Waals surface area (Å²) in [6.07, 6.45) is 2.43. The van der Waals surface area contributed by atoms with Crippen molar-refractivity contribution in [3.63, 3.8) is 0 Å². The average molecular weight is 532 g/mol. The number of rotatable bonds is 8. The largest absolute Gasteiger partial charge is 0.352 e. The zero-order chi connectivity index (χ0) is 26.2. The number of hydrogen-bond donors (Lipinski definition) is 2. The predicted molar refractivity (Wildman–Crippen MR) is 139 cm³/mol. The first kappa shape index (κ1) is 27.7. The van der Waals surface area contributed by atoms with Crippen LogP contribution in [0.3, 0.4) is 0 Å². The average Bonchev–Trinajstić information content (AvgIpc) is 2.86. The molecule has 1 aliphatic rings. The first-order valence-corrected chi connectivity index (χ1v) is 12.7. The van der Waals surface area contributed by atoms with E-state index in [-0.39, 0.29) is 34.3 Å². The zero-order valence-electron chi connectivity index (χ0n) is 20.7. The second kappa shape index (κ2) is 12.9. The molecule has 2 aromatic heterocycles. The van der Waals surface area contributed by atoms with Gasteiger partial charge >= 0.3 is 6.03 Å². The van der Waals surface area contributed by atoms with Gasteiger partial charge in [0.05, 0.1) is 17.8 Å². The minimum atomic E-state index is -0.261. The first-order valence-electron chi connectivity index (χ1n) is 11.9. The van der Waals surface area contributed by atoms with Crippen LogP contribution in [0.5, 0.6) is 0 Å². The maximum Gasteiger partial charge on any atom is 0.317 e. The molecule has 9 nitrogen and oxygen atoms in total. The van der Waals surface area contributed by atoms with E-state index in [1.165, 1.54) is 0 Å². The van der Waals surface area contributed by atoms with Crippen molar-refractivity contribution in [3.8, 4) is 6.07 Å². The SMILES string of the molecule is CNC(=O)N(Cc1cccc(C#N)n1)C1CCN([C@H](C)CCNC(=O)c2c(C)cc(Cl)nc2Cl)CC1. The van der Waals surface area contributed by atoms with Gasteiger partial charge in [-0.25, -0.2) is 14.8 Å². The van der Waals surface area contributed by atoms with Crippen molar-refractivity contribution in [3.05, 3.63) is 57.1 Å². The molecule has 1 fully saturated rings. The Morgan fingerprint density at radius 2 is 2.00 bits per heavy atom. The number of halogens is 2. The lowest BCUT2D eigenvalue weighted by Crippen LogP contribution is -2.51. The summed E-state index contributed by atoms with van der Waals surface area (Å²) in [5.74, 6) is -0.261. The molecule has 0 aliphatic carbocycles. The van der Waals surface area contributed by atoms with Crippen LogP contribution in [0.4, 0.5) is 4.79 Å². The van der Waals surface area contributed by atoms with Crippen molar-refractivity contribution < 1.29 is 9.59 Å². The Kier molecular flexibility index (Phi) is 9.88. The summed E-state index contributed by atoms with van der Waals surface area (Å²) in [7, 11) is 1.62. The van der Waals surface area contributed by atoms with Crippen molar-refractivity contribution in [2.75, 3.05) is 26.7 Å². The third-order valence-electron chi connectivity index (χ3n) is 6.51. The number of nitriles is 1. The van der Waals surface area contributed by atoms with E-state index < -0.39 is 0 Å². The Labute approximate surface area is 221 Å². The number of nitrogens with zero attached hydrogens (tertiary/aromatic N) is 5. The number of amides is 3. The minimum absolute atomic E-state index is 0.0724. The molecule has 192 valence electrons. The Balaban J connectivity index is 1.51. The summed E-state index contributed by atoms with van der Waals surface area (Å²) in [5, 5.41) is 15.1. The number of aromatic nitrogens is 2. The van der Waals surface area contributed by atoms with E-state index in [2.05, 4.69) is 32.4 Å². The highest BCUT2D eigenvalue weighted by Gasteiger charge is 2.29. The molecule has 1 atom stereocenters. The number of likely N-dealkylation sites (tertiary alicyclic amines) is 1. The Bertz CT molecular complexity index is 1110. The van der Waals surface area contributed by atoms with Gasteiger partial charge in [-0.1, -0.05) is 29.3 Å². The number of urea groups is 1. The lowest BCUT2D eigenvalue weighted by Gasteiger charge is -2.40. The molecule has 0 saturated carbocycles. The normalized spacial score (nSPS) is 15.1. The molecule has 0 bridgehead atoms. The van der Waals surface area contributed by atoms with Crippen molar-refractivity contribution in [1.29, 1.82) is 5.26 Å². The topological polar surface area (TPSA) is 114 Å². The third-order valence-corrected chi connectivity index (χ3v) is 6.97. The van der Waals surface area contributed by atoms with Crippen LogP contribution in [-0.2, 0) is 6.54 Å². The lowest BCUT2D eigenvalue weighted by atomic mass is 10.0. The van der Waals surface area contributed by atoms with E-state index in [1.807, 2.05) is 12.1 Å². The highest BCUT2D eigenvalue weighted by atomic mass is 35.5. The van der Waals surface area contributed by atoms with E-state index in [9.17, 15) is 9.59 Å². The molecular weight excluding hydrogens is 501 g/mol. The highest BCUT2D eigenvalue weighted by molar-refractivity contribution is 6.34. The monoisotopic (exact) mass is 531 g/mol. The van der Waals surface area contributed by atoms with Crippen molar-refractivity contribution >= 4 is 35.1 Å². The van der Waals surface area contributed by atoms with Gasteiger partial charge in [0.15, 0.2) is 0 Å². The van der Waals surface area contributed by atoms with Gasteiger partial charge in [0.2, 0.25) is 0 Å². The summed E-state index contributed by atoms with van der Waals surface area (Å²) >= 11 is 12.0. The molecule has 3 rings (SSSR count). The van der Waals surface area contributed by atoms with Gasteiger partial charge in [-0.05, 0) is 56.9 Å². The second-order valence-corrected chi connectivity index (χ2v) is 9.64. The molecule has 11 heteroatoms. The van der Waals surface area contributed by atoms with Gasteiger partial charge < -0.3 is 20.4 Å². The Morgan fingerprint density at radius 1 is 1.28 bits per heavy atom. The first-order chi connectivity index (χ1) is 17.2. The van der Waals surface area contributed by atoms with E-state index >= 15 is 0 Å². The van der Waals surface area contributed by atoms with Gasteiger partial charge in [0.1, 0.15) is 22.1 Å². The predicted octanol–water partition coefficient (Wildman–Crippen LogP) is 3.78. The molecule has 0 unspecified atom stereocenters. The van der Waals surface area contributed by atoms with E-state index in [4.69, 9.17) is 28.5 Å². The van der Waals surface area contributed by atoms with Gasteiger partial charge in [0, 0.05) is 38.8 Å². The lowest BCUT2D eigenvalue weighted by molar-refractivity contribution is 0.0904. The maximum absolute atomic E-state index is 12.6. The quantitative estimate of drug-likeness (QED) is 0.501. The van der Waals surface area contributed by atoms with Crippen LogP contribution in [0.2, 0.25) is 10.3 Å². The second-order valence-electron chi connectivity index (χ2n) is 8.90. The molecule has 3 heterocycles. The summed E-state index contributed by atoms with van der Waals surface area (Å²) in [6.45, 7) is 6.45. The molecule has 1 saturated heterocycles. The van der Waals surface area contributed by atoms with Crippen molar-refractivity contribution in [1.82, 2.24) is 30.4 Å². The van der Waals surface area contributed by atoms with Crippen LogP contribution < -0.4 is 10.6 Å². The smallest absolute Gasteiger partial charge is 0.317 e. The molecular formula is C25H31Cl2N7O2. The molecule has 2 N–H and O–H groups in total. The molecule has 0 aromatic carbocycles. The van der Waals surface area contributed by atoms with Gasteiger partial charge in [-0.3, -0.25) is 4.79 Å². The van der Waals surface area contributed by atoms with E-state index in [1.54, 1.807) is 37.1 Å². The maximum atomic E-state index is 12.6. The molecule has 0 radical (unpaired) electrons. The van der Waals surface area contributed by atoms with Crippen molar-refractivity contribution in [2.45, 2.75) is 51.7 Å². The summed E-state index contributed by atoms with van der Waals surface area (Å²) in [5.41, 5.74) is 2.06. The van der Waals surface area contributed by atoms with Crippen LogP contribution in [0.15, 0.2) is 24.3 Å². The van der Waals surface area contributed by atoms with Gasteiger partial charge in [0.25, 0.3) is 5.91 Å². The van der Waals surface area contributed by atoms with E-state index in [0.29, 0.717) is 35.6 Å².